The van der Waals surface area contributed by atoms with Crippen molar-refractivity contribution in [2.45, 2.75) is 0 Å². The second-order valence-electron chi connectivity index (χ2n) is 14.9. The van der Waals surface area contributed by atoms with Gasteiger partial charge in [-0.1, -0.05) is 170 Å². The predicted octanol–water partition coefficient (Wildman–Crippen LogP) is 6.25. The number of fused-ring (bicyclic) bond motifs is 11. The Hall–Kier alpha value is -6.21. The van der Waals surface area contributed by atoms with E-state index in [4.69, 9.17) is 0 Å². The van der Waals surface area contributed by atoms with E-state index in [1.54, 1.807) is 0 Å². The zero-order valence-corrected chi connectivity index (χ0v) is 32.4. The lowest BCUT2D eigenvalue weighted by molar-refractivity contribution is 1.21. The molecule has 256 valence electrons. The molecule has 0 bridgehead atoms. The van der Waals surface area contributed by atoms with Crippen LogP contribution < -0.4 is 51.3 Å². The molecule has 3 aliphatic rings. The topological polar surface area (TPSA) is 6.48 Å². The van der Waals surface area contributed by atoms with E-state index in [0.717, 1.165) is 0 Å². The maximum absolute atomic E-state index is 2.65. The summed E-state index contributed by atoms with van der Waals surface area (Å²) in [5.41, 5.74) is 10.4. The van der Waals surface area contributed by atoms with Gasteiger partial charge in [0.1, 0.15) is 0 Å². The van der Waals surface area contributed by atoms with Crippen LogP contribution in [0.1, 0.15) is 0 Å². The molecule has 8 aromatic rings. The number of benzene rings is 8. The van der Waals surface area contributed by atoms with Crippen molar-refractivity contribution in [3.8, 4) is 22.3 Å². The van der Waals surface area contributed by atoms with E-state index in [9.17, 15) is 0 Å². The van der Waals surface area contributed by atoms with Crippen molar-refractivity contribution < 1.29 is 0 Å². The van der Waals surface area contributed by atoms with E-state index >= 15 is 0 Å². The van der Waals surface area contributed by atoms with E-state index < -0.39 is 16.1 Å². The van der Waals surface area contributed by atoms with Crippen LogP contribution in [-0.4, -0.2) is 30.2 Å². The van der Waals surface area contributed by atoms with Gasteiger partial charge in [-0.15, -0.1) is 0 Å². The third-order valence-electron chi connectivity index (χ3n) is 12.6. The van der Waals surface area contributed by atoms with Gasteiger partial charge >= 0.3 is 0 Å². The first-order valence-electron chi connectivity index (χ1n) is 18.9. The molecule has 0 aromatic heterocycles. The van der Waals surface area contributed by atoms with E-state index in [1.165, 1.54) is 86.5 Å². The molecule has 54 heavy (non-hydrogen) atoms. The number of nitrogens with zero attached hydrogens (tertiary/aromatic N) is 2. The van der Waals surface area contributed by atoms with E-state index in [-0.39, 0.29) is 0 Å². The average molecular weight is 723 g/mol. The second kappa shape index (κ2) is 11.6. The smallest absolute Gasteiger partial charge is 0.185 e. The lowest BCUT2D eigenvalue weighted by Crippen LogP contribution is -2.77. The van der Waals surface area contributed by atoms with Crippen LogP contribution in [0.4, 0.5) is 22.7 Å². The summed E-state index contributed by atoms with van der Waals surface area (Å²) in [7, 11) is -0.726. The first-order chi connectivity index (χ1) is 26.6. The first kappa shape index (κ1) is 31.3. The first-order valence-corrected chi connectivity index (χ1v) is 22.9. The normalized spacial score (nSPS) is 15.1. The van der Waals surface area contributed by atoms with Crippen molar-refractivity contribution in [1.82, 2.24) is 0 Å². The summed E-state index contributed by atoms with van der Waals surface area (Å²) in [6.07, 6.45) is 0. The Labute approximate surface area is 319 Å². The van der Waals surface area contributed by atoms with Crippen molar-refractivity contribution in [2.75, 3.05) is 23.9 Å². The van der Waals surface area contributed by atoms with Crippen LogP contribution in [0.2, 0.25) is 0 Å². The van der Waals surface area contributed by atoms with E-state index in [2.05, 4.69) is 218 Å². The van der Waals surface area contributed by atoms with Crippen LogP contribution >= 0.6 is 0 Å². The molecule has 0 N–H and O–H groups in total. The van der Waals surface area contributed by atoms with Gasteiger partial charge < -0.3 is 9.80 Å². The Bertz CT molecular complexity index is 2590. The molecule has 0 amide bonds. The molecule has 0 unspecified atom stereocenters. The third-order valence-corrected chi connectivity index (χ3v) is 22.4. The number of anilines is 4. The van der Waals surface area contributed by atoms with Gasteiger partial charge in [-0.3, -0.25) is 0 Å². The minimum absolute atomic E-state index is 1.24. The Kier molecular flexibility index (Phi) is 6.76. The van der Waals surface area contributed by atoms with Gasteiger partial charge in [0.2, 0.25) is 0 Å². The quantitative estimate of drug-likeness (QED) is 0.199. The summed E-state index contributed by atoms with van der Waals surface area (Å²) in [5.74, 6) is 0. The van der Waals surface area contributed by atoms with Crippen LogP contribution in [0.5, 0.6) is 0 Å². The summed E-state index contributed by atoms with van der Waals surface area (Å²) < 4.78 is 0. The molecular weight excluding hydrogens is 685 g/mol. The SMILES string of the molecule is CN1c2ccccc2[Si](c2ccccc2)(c2ccccc2)c2ccc(-c3ccc4c(c3)N(C)c3ccccc3[Si]43c4ccccc4-c4ccccc43)cc21. The minimum Gasteiger partial charge on any atom is -0.345 e. The summed E-state index contributed by atoms with van der Waals surface area (Å²) in [6, 6.07) is 73.9. The predicted molar refractivity (Wildman–Crippen MR) is 234 cm³/mol. The molecule has 1 spiro atoms. The zero-order valence-electron chi connectivity index (χ0n) is 30.4. The van der Waals surface area contributed by atoms with Gasteiger partial charge in [0, 0.05) is 36.8 Å². The standard InChI is InChI=1S/C50H38N2Si2/c1-51-41-23-11-15-27-47(41)53(37-17-5-3-6-18-37,38-19-7-4-8-20-38)49-31-29-35(33-43(49)51)36-30-32-50-44(34-36)52(2)42-24-12-16-28-48(42)54(50)45-25-13-9-21-39(45)40-22-10-14-26-46(40)54/h3-34H,1-2H3. The molecule has 2 nitrogen and oxygen atoms in total. The molecule has 0 radical (unpaired) electrons. The van der Waals surface area contributed by atoms with Gasteiger partial charge in [0.05, 0.1) is 0 Å². The van der Waals surface area contributed by atoms with Crippen molar-refractivity contribution in [2.24, 2.45) is 0 Å². The van der Waals surface area contributed by atoms with Crippen molar-refractivity contribution in [3.05, 3.63) is 194 Å². The lowest BCUT2D eigenvalue weighted by Gasteiger charge is -2.44. The minimum atomic E-state index is -2.65. The van der Waals surface area contributed by atoms with Crippen molar-refractivity contribution >= 4 is 80.4 Å². The van der Waals surface area contributed by atoms with E-state index in [0.29, 0.717) is 0 Å². The third kappa shape index (κ3) is 3.99. The second-order valence-corrected chi connectivity index (χ2v) is 22.3. The Morgan fingerprint density at radius 2 is 0.648 bits per heavy atom. The Morgan fingerprint density at radius 1 is 0.296 bits per heavy atom. The zero-order chi connectivity index (χ0) is 36.0. The fraction of sp³-hybridized carbons (Fsp3) is 0.0400. The summed E-state index contributed by atoms with van der Waals surface area (Å²) in [5, 5.41) is 11.6. The average Bonchev–Trinajstić information content (AvgIpc) is 3.54. The number of hydrogen-bond acceptors (Lipinski definition) is 2. The van der Waals surface area contributed by atoms with Crippen molar-refractivity contribution in [3.63, 3.8) is 0 Å². The highest BCUT2D eigenvalue weighted by Crippen LogP contribution is 2.39. The van der Waals surface area contributed by atoms with Crippen LogP contribution in [0.25, 0.3) is 22.3 Å². The molecule has 0 fully saturated rings. The highest BCUT2D eigenvalue weighted by molar-refractivity contribution is 7.23. The van der Waals surface area contributed by atoms with Gasteiger partial charge in [0.15, 0.2) is 16.1 Å². The van der Waals surface area contributed by atoms with Crippen molar-refractivity contribution in [1.29, 1.82) is 0 Å². The molecule has 3 aliphatic heterocycles. The molecule has 3 heterocycles. The number of para-hydroxylation sites is 2. The van der Waals surface area contributed by atoms with Crippen LogP contribution in [0.3, 0.4) is 0 Å². The summed E-state index contributed by atoms with van der Waals surface area (Å²) in [6.45, 7) is 0. The molecule has 4 heteroatoms. The maximum Gasteiger partial charge on any atom is 0.185 e. The maximum atomic E-state index is 2.48. The largest absolute Gasteiger partial charge is 0.345 e. The van der Waals surface area contributed by atoms with Gasteiger partial charge in [-0.05, 0) is 88.0 Å². The highest BCUT2D eigenvalue weighted by Gasteiger charge is 2.53. The van der Waals surface area contributed by atoms with Gasteiger partial charge in [0.25, 0.3) is 0 Å². The molecule has 0 saturated carbocycles. The van der Waals surface area contributed by atoms with Crippen LogP contribution in [0.15, 0.2) is 194 Å². The van der Waals surface area contributed by atoms with Crippen LogP contribution in [0, 0.1) is 0 Å². The summed E-state index contributed by atoms with van der Waals surface area (Å²) in [4.78, 5) is 4.87. The summed E-state index contributed by atoms with van der Waals surface area (Å²) >= 11 is 0. The highest BCUT2D eigenvalue weighted by atomic mass is 28.3. The lowest BCUT2D eigenvalue weighted by atomic mass is 10.0. The molecule has 0 aliphatic carbocycles. The fourth-order valence-corrected chi connectivity index (χ4v) is 21.1. The molecule has 0 saturated heterocycles. The molecule has 11 rings (SSSR count). The number of rotatable bonds is 3. The fourth-order valence-electron chi connectivity index (χ4n) is 10.3. The van der Waals surface area contributed by atoms with Gasteiger partial charge in [-0.25, -0.2) is 0 Å². The van der Waals surface area contributed by atoms with Gasteiger partial charge in [-0.2, -0.15) is 0 Å². The molecular formula is C50H38N2Si2. The Balaban J connectivity index is 1.14. The Morgan fingerprint density at radius 3 is 1.13 bits per heavy atom. The van der Waals surface area contributed by atoms with Crippen LogP contribution in [-0.2, 0) is 0 Å². The van der Waals surface area contributed by atoms with E-state index in [1.807, 2.05) is 0 Å². The number of hydrogen-bond donors (Lipinski definition) is 0. The molecule has 8 aromatic carbocycles. The molecule has 0 atom stereocenters. The monoisotopic (exact) mass is 722 g/mol.